The molecule has 0 atom stereocenters. The molecule has 0 aromatic heterocycles. The molecule has 1 aromatic rings. The molecule has 21 heavy (non-hydrogen) atoms. The Kier molecular flexibility index (Phi) is 4.67. The summed E-state index contributed by atoms with van der Waals surface area (Å²) in [7, 11) is -2.53. The molecule has 2 rings (SSSR count). The normalized spacial score (nSPS) is 16.1. The molecule has 0 amide bonds. The molecule has 1 saturated carbocycles. The van der Waals surface area contributed by atoms with E-state index in [1.54, 1.807) is 24.3 Å². The quantitative estimate of drug-likeness (QED) is 0.349. The maximum absolute atomic E-state index is 12.1. The van der Waals surface area contributed by atoms with Gasteiger partial charge in [0, 0.05) is 5.92 Å². The third kappa shape index (κ3) is 4.32. The van der Waals surface area contributed by atoms with Crippen LogP contribution in [0.2, 0.25) is 0 Å². The van der Waals surface area contributed by atoms with E-state index in [0.29, 0.717) is 5.56 Å². The minimum atomic E-state index is -3.79. The maximum Gasteiger partial charge on any atom is 0.336 e. The monoisotopic (exact) mass is 310 g/mol. The number of ether oxygens (including phenoxy) is 1. The fraction of sp³-hybridized carbons (Fsp3) is 0.400. The van der Waals surface area contributed by atoms with Gasteiger partial charge in [0.15, 0.2) is 0 Å². The highest BCUT2D eigenvalue weighted by Crippen LogP contribution is 2.39. The van der Waals surface area contributed by atoms with Crippen LogP contribution >= 0.6 is 0 Å². The van der Waals surface area contributed by atoms with E-state index in [9.17, 15) is 13.2 Å². The van der Waals surface area contributed by atoms with E-state index in [0.717, 1.165) is 12.8 Å². The lowest BCUT2D eigenvalue weighted by atomic mass is 10.2. The van der Waals surface area contributed by atoms with Gasteiger partial charge >= 0.3 is 16.1 Å². The molecule has 0 heterocycles. The van der Waals surface area contributed by atoms with Crippen LogP contribution < -0.4 is 0 Å². The van der Waals surface area contributed by atoms with Gasteiger partial charge in [0.05, 0.1) is 12.7 Å². The fourth-order valence-electron chi connectivity index (χ4n) is 1.98. The Labute approximate surface area is 124 Å². The van der Waals surface area contributed by atoms with E-state index < -0.39 is 16.1 Å². The van der Waals surface area contributed by atoms with Gasteiger partial charge in [0.25, 0.3) is 0 Å². The number of benzene rings is 1. The topological polar surface area (TPSA) is 69.7 Å². The number of carbonyl (C=O) groups excluding carboxylic acids is 1. The van der Waals surface area contributed by atoms with E-state index in [4.69, 9.17) is 4.18 Å². The predicted molar refractivity (Wildman–Crippen MR) is 77.6 cm³/mol. The Morgan fingerprint density at radius 2 is 1.86 bits per heavy atom. The van der Waals surface area contributed by atoms with E-state index >= 15 is 0 Å². The van der Waals surface area contributed by atoms with Crippen LogP contribution in [0.1, 0.15) is 25.3 Å². The summed E-state index contributed by atoms with van der Waals surface area (Å²) in [6.45, 7) is 1.53. The highest BCUT2D eigenvalue weighted by molar-refractivity contribution is 7.86. The molecule has 0 saturated heterocycles. The zero-order valence-corrected chi connectivity index (χ0v) is 12.9. The lowest BCUT2D eigenvalue weighted by molar-refractivity contribution is -0.136. The Morgan fingerprint density at radius 3 is 2.38 bits per heavy atom. The summed E-state index contributed by atoms with van der Waals surface area (Å²) < 4.78 is 34.1. The van der Waals surface area contributed by atoms with Gasteiger partial charge in [0.1, 0.15) is 11.5 Å². The Hall–Kier alpha value is -1.82. The summed E-state index contributed by atoms with van der Waals surface area (Å²) in [5.74, 6) is -0.572. The molecule has 5 nitrogen and oxygen atoms in total. The molecular weight excluding hydrogens is 292 g/mol. The van der Waals surface area contributed by atoms with Crippen LogP contribution in [0.3, 0.4) is 0 Å². The van der Waals surface area contributed by atoms with Crippen molar-refractivity contribution >= 4 is 16.1 Å². The second-order valence-corrected chi connectivity index (χ2v) is 6.60. The van der Waals surface area contributed by atoms with Crippen LogP contribution in [0.15, 0.2) is 41.7 Å². The van der Waals surface area contributed by atoms with Gasteiger partial charge in [-0.15, -0.1) is 0 Å². The zero-order valence-electron chi connectivity index (χ0n) is 12.0. The molecule has 1 fully saturated rings. The third-order valence-corrected chi connectivity index (χ3v) is 4.33. The highest BCUT2D eigenvalue weighted by Gasteiger charge is 2.34. The minimum Gasteiger partial charge on any atom is -0.466 e. The minimum absolute atomic E-state index is 0.00496. The Morgan fingerprint density at radius 1 is 1.24 bits per heavy atom. The first-order valence-electron chi connectivity index (χ1n) is 6.68. The summed E-state index contributed by atoms with van der Waals surface area (Å²) in [4.78, 5) is 11.6. The number of methoxy groups -OCH3 is 1. The second-order valence-electron chi connectivity index (χ2n) is 5.03. The van der Waals surface area contributed by atoms with Crippen LogP contribution in [-0.2, 0) is 29.6 Å². The summed E-state index contributed by atoms with van der Waals surface area (Å²) in [5, 5.41) is 0. The van der Waals surface area contributed by atoms with Gasteiger partial charge in [-0.05, 0) is 25.3 Å². The van der Waals surface area contributed by atoms with Crippen LogP contribution in [0.25, 0.3) is 0 Å². The van der Waals surface area contributed by atoms with Gasteiger partial charge in [-0.25, -0.2) is 4.79 Å². The summed E-state index contributed by atoms with van der Waals surface area (Å²) in [5.41, 5.74) is 0.861. The third-order valence-electron chi connectivity index (χ3n) is 3.21. The maximum atomic E-state index is 12.1. The van der Waals surface area contributed by atoms with Gasteiger partial charge in [-0.2, -0.15) is 8.42 Å². The summed E-state index contributed by atoms with van der Waals surface area (Å²) in [6, 6.07) is 8.78. The zero-order chi connectivity index (χ0) is 15.5. The van der Waals surface area contributed by atoms with Crippen molar-refractivity contribution in [3.8, 4) is 0 Å². The van der Waals surface area contributed by atoms with Gasteiger partial charge in [-0.3, -0.25) is 0 Å². The van der Waals surface area contributed by atoms with E-state index in [1.165, 1.54) is 14.0 Å². The number of hydrogen-bond acceptors (Lipinski definition) is 5. The summed E-state index contributed by atoms with van der Waals surface area (Å²) in [6.07, 6.45) is 1.65. The van der Waals surface area contributed by atoms with Crippen molar-refractivity contribution in [2.75, 3.05) is 7.11 Å². The van der Waals surface area contributed by atoms with Crippen LogP contribution in [0.5, 0.6) is 0 Å². The average Bonchev–Trinajstić information content (AvgIpc) is 3.28. The van der Waals surface area contributed by atoms with Gasteiger partial charge in [0.2, 0.25) is 0 Å². The van der Waals surface area contributed by atoms with E-state index in [1.807, 2.05) is 6.07 Å². The van der Waals surface area contributed by atoms with Crippen LogP contribution in [-0.4, -0.2) is 21.5 Å². The average molecular weight is 310 g/mol. The van der Waals surface area contributed by atoms with Crippen molar-refractivity contribution in [1.82, 2.24) is 0 Å². The van der Waals surface area contributed by atoms with Crippen LogP contribution in [0.4, 0.5) is 0 Å². The van der Waals surface area contributed by atoms with Gasteiger partial charge < -0.3 is 8.92 Å². The van der Waals surface area contributed by atoms with Crippen LogP contribution in [0, 0.1) is 5.92 Å². The molecule has 0 bridgehead atoms. The van der Waals surface area contributed by atoms with Crippen molar-refractivity contribution < 1.29 is 22.1 Å². The number of rotatable bonds is 6. The second kappa shape index (κ2) is 6.30. The van der Waals surface area contributed by atoms with Crippen molar-refractivity contribution in [3.63, 3.8) is 0 Å². The smallest absolute Gasteiger partial charge is 0.336 e. The number of hydrogen-bond donors (Lipinski definition) is 0. The molecule has 0 unspecified atom stereocenters. The molecular formula is C15H18O5S. The van der Waals surface area contributed by atoms with Crippen molar-refractivity contribution in [1.29, 1.82) is 0 Å². The van der Waals surface area contributed by atoms with E-state index in [-0.39, 0.29) is 23.0 Å². The van der Waals surface area contributed by atoms with Crippen molar-refractivity contribution in [2.24, 2.45) is 5.92 Å². The first-order valence-corrected chi connectivity index (χ1v) is 8.26. The first kappa shape index (κ1) is 15.6. The Bertz CT molecular complexity index is 642. The number of esters is 1. The molecule has 0 aliphatic heterocycles. The lowest BCUT2D eigenvalue weighted by Gasteiger charge is -2.12. The van der Waals surface area contributed by atoms with E-state index in [2.05, 4.69) is 4.74 Å². The molecule has 0 spiro atoms. The molecule has 6 heteroatoms. The number of allylic oxidation sites excluding steroid dienone is 1. The molecule has 1 aromatic carbocycles. The number of carbonyl (C=O) groups is 1. The van der Waals surface area contributed by atoms with Crippen molar-refractivity contribution in [3.05, 3.63) is 47.2 Å². The summed E-state index contributed by atoms with van der Waals surface area (Å²) >= 11 is 0. The van der Waals surface area contributed by atoms with Gasteiger partial charge in [-0.1, -0.05) is 30.3 Å². The fourth-order valence-corrected chi connectivity index (χ4v) is 3.17. The predicted octanol–water partition coefficient (Wildman–Crippen LogP) is 2.39. The molecule has 1 aliphatic rings. The standard InChI is InChI=1S/C15H18O5S/c1-11(15(16)19-2)14(13-8-9-13)20-21(17,18)10-12-6-4-3-5-7-12/h3-7,13H,8-10H2,1-2H3/b14-11+. The molecule has 0 radical (unpaired) electrons. The molecule has 0 N–H and O–H groups in total. The van der Waals surface area contributed by atoms with Crippen molar-refractivity contribution in [2.45, 2.75) is 25.5 Å². The molecule has 114 valence electrons. The largest absolute Gasteiger partial charge is 0.466 e. The lowest BCUT2D eigenvalue weighted by Crippen LogP contribution is -2.14. The Balaban J connectivity index is 2.19. The SMILES string of the molecule is COC(=O)/C(C)=C(/OS(=O)(=O)Cc1ccccc1)C1CC1. The highest BCUT2D eigenvalue weighted by atomic mass is 32.2. The first-order chi connectivity index (χ1) is 9.93. The molecule has 1 aliphatic carbocycles.